The Balaban J connectivity index is 1.59. The first-order valence-electron chi connectivity index (χ1n) is 10.2. The Hall–Kier alpha value is -2.78. The number of nitrogens with zero attached hydrogens (tertiary/aromatic N) is 2. The number of nitrogens with one attached hydrogen (secondary N) is 2. The molecule has 2 saturated heterocycles. The molecule has 1 aromatic heterocycles. The molecule has 170 valence electrons. The SMILES string of the molecule is C=C1N[C@](C)(c2cc(NC(=O)c3ncc(OC)cc3C)ccc2F)CS(=O)C12CN(C)C2. The zero-order valence-corrected chi connectivity index (χ0v) is 19.4. The lowest BCUT2D eigenvalue weighted by atomic mass is 9.88. The van der Waals surface area contributed by atoms with Crippen molar-refractivity contribution in [2.24, 2.45) is 0 Å². The van der Waals surface area contributed by atoms with Gasteiger partial charge in [-0.05, 0) is 50.7 Å². The van der Waals surface area contributed by atoms with Gasteiger partial charge in [0.25, 0.3) is 5.91 Å². The van der Waals surface area contributed by atoms with E-state index in [1.165, 1.54) is 25.4 Å². The Kier molecular flexibility index (Phi) is 5.58. The molecule has 4 rings (SSSR count). The number of likely N-dealkylation sites (tertiary alicyclic amines) is 1. The highest BCUT2D eigenvalue weighted by Crippen LogP contribution is 2.41. The van der Waals surface area contributed by atoms with Crippen molar-refractivity contribution in [2.75, 3.05) is 38.3 Å². The number of hydrogen-bond acceptors (Lipinski definition) is 6. The van der Waals surface area contributed by atoms with Crippen molar-refractivity contribution < 1.29 is 18.1 Å². The van der Waals surface area contributed by atoms with Gasteiger partial charge >= 0.3 is 0 Å². The third kappa shape index (κ3) is 3.69. The number of aryl methyl sites for hydroxylation is 1. The standard InChI is InChI=1S/C23H27FN4O3S/c1-14-8-17(31-5)10-25-20(14)21(29)26-16-6-7-19(24)18(9-16)22(3)13-32(30)23(15(2)27-22)11-28(4)12-23/h6-10,27H,2,11-13H2,1,3-5H3,(H,26,29)/t22-,32?/m0/s1. The average Bonchev–Trinajstić information content (AvgIpc) is 2.71. The number of anilines is 1. The number of rotatable bonds is 4. The van der Waals surface area contributed by atoms with Crippen LogP contribution in [-0.4, -0.2) is 57.7 Å². The van der Waals surface area contributed by atoms with E-state index in [0.717, 1.165) is 0 Å². The van der Waals surface area contributed by atoms with E-state index in [1.54, 1.807) is 19.1 Å². The average molecular weight is 459 g/mol. The van der Waals surface area contributed by atoms with E-state index in [-0.39, 0.29) is 11.4 Å². The molecule has 32 heavy (non-hydrogen) atoms. The molecule has 2 atom stereocenters. The van der Waals surface area contributed by atoms with Crippen LogP contribution in [0.2, 0.25) is 0 Å². The minimum atomic E-state index is -1.22. The van der Waals surface area contributed by atoms with Gasteiger partial charge in [0.2, 0.25) is 0 Å². The van der Waals surface area contributed by atoms with Gasteiger partial charge in [0.15, 0.2) is 0 Å². The quantitative estimate of drug-likeness (QED) is 0.733. The topological polar surface area (TPSA) is 83.6 Å². The number of carbonyl (C=O) groups excluding carboxylic acids is 1. The van der Waals surface area contributed by atoms with Gasteiger partial charge in [-0.25, -0.2) is 9.37 Å². The number of benzene rings is 1. The largest absolute Gasteiger partial charge is 0.495 e. The molecule has 2 N–H and O–H groups in total. The smallest absolute Gasteiger partial charge is 0.274 e. The van der Waals surface area contributed by atoms with Crippen molar-refractivity contribution in [3.05, 3.63) is 65.4 Å². The van der Waals surface area contributed by atoms with Gasteiger partial charge in [-0.2, -0.15) is 0 Å². The maximum absolute atomic E-state index is 14.9. The lowest BCUT2D eigenvalue weighted by molar-refractivity contribution is 0.102. The van der Waals surface area contributed by atoms with Crippen LogP contribution in [-0.2, 0) is 16.3 Å². The lowest BCUT2D eigenvalue weighted by Gasteiger charge is -2.55. The zero-order valence-electron chi connectivity index (χ0n) is 18.6. The number of carbonyl (C=O) groups is 1. The van der Waals surface area contributed by atoms with Gasteiger partial charge in [-0.15, -0.1) is 0 Å². The third-order valence-corrected chi connectivity index (χ3v) is 8.42. The molecule has 9 heteroatoms. The predicted octanol–water partition coefficient (Wildman–Crippen LogP) is 2.56. The van der Waals surface area contributed by atoms with E-state index in [4.69, 9.17) is 4.74 Å². The summed E-state index contributed by atoms with van der Waals surface area (Å²) in [5.74, 6) is -0.0481. The minimum Gasteiger partial charge on any atom is -0.495 e. The van der Waals surface area contributed by atoms with E-state index in [2.05, 4.69) is 27.1 Å². The summed E-state index contributed by atoms with van der Waals surface area (Å²) in [7, 11) is 2.28. The van der Waals surface area contributed by atoms with Gasteiger partial charge in [0, 0.05) is 40.8 Å². The molecular formula is C23H27FN4O3S. The molecule has 2 aliphatic rings. The molecule has 7 nitrogen and oxygen atoms in total. The molecule has 0 bridgehead atoms. The summed E-state index contributed by atoms with van der Waals surface area (Å²) in [6, 6.07) is 6.10. The summed E-state index contributed by atoms with van der Waals surface area (Å²) >= 11 is 0. The van der Waals surface area contributed by atoms with Gasteiger partial charge in [0.05, 0.1) is 24.6 Å². The molecule has 2 aliphatic heterocycles. The Morgan fingerprint density at radius 1 is 1.38 bits per heavy atom. The second kappa shape index (κ2) is 7.97. The monoisotopic (exact) mass is 458 g/mol. The molecule has 2 fully saturated rings. The predicted molar refractivity (Wildman–Crippen MR) is 123 cm³/mol. The Morgan fingerprint density at radius 2 is 2.09 bits per heavy atom. The minimum absolute atomic E-state index is 0.243. The first-order chi connectivity index (χ1) is 15.1. The molecule has 0 aliphatic carbocycles. The van der Waals surface area contributed by atoms with Crippen LogP contribution in [0.1, 0.15) is 28.5 Å². The number of hydrogen-bond donors (Lipinski definition) is 2. The number of halogens is 1. The van der Waals surface area contributed by atoms with Crippen LogP contribution < -0.4 is 15.4 Å². The molecule has 0 radical (unpaired) electrons. The molecule has 0 saturated carbocycles. The number of ether oxygens (including phenoxy) is 1. The fourth-order valence-electron chi connectivity index (χ4n) is 4.44. The van der Waals surface area contributed by atoms with E-state index in [0.29, 0.717) is 41.4 Å². The van der Waals surface area contributed by atoms with Crippen molar-refractivity contribution in [1.82, 2.24) is 15.2 Å². The summed E-state index contributed by atoms with van der Waals surface area (Å²) < 4.78 is 32.7. The molecule has 1 amide bonds. The van der Waals surface area contributed by atoms with Crippen LogP contribution in [0.5, 0.6) is 5.75 Å². The zero-order chi connectivity index (χ0) is 23.3. The van der Waals surface area contributed by atoms with Crippen molar-refractivity contribution in [2.45, 2.75) is 24.1 Å². The van der Waals surface area contributed by atoms with E-state index in [9.17, 15) is 13.4 Å². The van der Waals surface area contributed by atoms with Crippen molar-refractivity contribution in [1.29, 1.82) is 0 Å². The third-order valence-electron chi connectivity index (χ3n) is 6.21. The summed E-state index contributed by atoms with van der Waals surface area (Å²) in [6.07, 6.45) is 1.47. The normalized spacial score (nSPS) is 24.5. The molecule has 1 unspecified atom stereocenters. The van der Waals surface area contributed by atoms with E-state index < -0.39 is 32.8 Å². The highest BCUT2D eigenvalue weighted by atomic mass is 32.2. The molecule has 1 aromatic carbocycles. The van der Waals surface area contributed by atoms with Crippen LogP contribution in [0.25, 0.3) is 0 Å². The second-order valence-corrected chi connectivity index (χ2v) is 10.5. The maximum atomic E-state index is 14.9. The van der Waals surface area contributed by atoms with Crippen LogP contribution >= 0.6 is 0 Å². The number of aromatic nitrogens is 1. The summed E-state index contributed by atoms with van der Waals surface area (Å²) in [5, 5.41) is 6.12. The molecule has 2 aromatic rings. The van der Waals surface area contributed by atoms with Crippen LogP contribution in [0.15, 0.2) is 42.7 Å². The summed E-state index contributed by atoms with van der Waals surface area (Å²) in [6.45, 7) is 9.02. The van der Waals surface area contributed by atoms with Gasteiger partial charge in [-0.1, -0.05) is 6.58 Å². The van der Waals surface area contributed by atoms with Gasteiger partial charge < -0.3 is 20.3 Å². The van der Waals surface area contributed by atoms with Gasteiger partial charge in [0.1, 0.15) is 22.0 Å². The lowest BCUT2D eigenvalue weighted by Crippen LogP contribution is -2.71. The fourth-order valence-corrected chi connectivity index (χ4v) is 6.52. The molecule has 1 spiro atoms. The number of methoxy groups -OCH3 is 1. The first kappa shape index (κ1) is 22.4. The van der Waals surface area contributed by atoms with Crippen molar-refractivity contribution >= 4 is 22.4 Å². The maximum Gasteiger partial charge on any atom is 0.274 e. The summed E-state index contributed by atoms with van der Waals surface area (Å²) in [4.78, 5) is 19.0. The number of amides is 1. The van der Waals surface area contributed by atoms with Gasteiger partial charge in [-0.3, -0.25) is 9.00 Å². The Bertz CT molecular complexity index is 1110. The molecular weight excluding hydrogens is 431 g/mol. The Labute approximate surface area is 189 Å². The van der Waals surface area contributed by atoms with E-state index >= 15 is 0 Å². The van der Waals surface area contributed by atoms with Crippen molar-refractivity contribution in [3.63, 3.8) is 0 Å². The fraction of sp³-hybridized carbons (Fsp3) is 0.391. The summed E-state index contributed by atoms with van der Waals surface area (Å²) in [5.41, 5.74) is 1.41. The number of pyridine rings is 1. The van der Waals surface area contributed by atoms with Crippen LogP contribution in [0.3, 0.4) is 0 Å². The van der Waals surface area contributed by atoms with Crippen molar-refractivity contribution in [3.8, 4) is 5.75 Å². The van der Waals surface area contributed by atoms with Crippen LogP contribution in [0.4, 0.5) is 10.1 Å². The highest BCUT2D eigenvalue weighted by molar-refractivity contribution is 7.87. The second-order valence-electron chi connectivity index (χ2n) is 8.78. The Morgan fingerprint density at radius 3 is 2.69 bits per heavy atom. The van der Waals surface area contributed by atoms with Crippen LogP contribution in [0, 0.1) is 12.7 Å². The highest BCUT2D eigenvalue weighted by Gasteiger charge is 2.55. The van der Waals surface area contributed by atoms with E-state index in [1.807, 2.05) is 14.0 Å². The molecule has 3 heterocycles. The first-order valence-corrected chi connectivity index (χ1v) is 11.6.